The molecule has 1 aliphatic rings. The summed E-state index contributed by atoms with van der Waals surface area (Å²) in [4.78, 5) is 11.9. The van der Waals surface area contributed by atoms with Crippen LogP contribution in [0.2, 0.25) is 0 Å². The smallest absolute Gasteiger partial charge is 0.150 e. The predicted molar refractivity (Wildman–Crippen MR) is 115 cm³/mol. The quantitative estimate of drug-likeness (QED) is 0.486. The van der Waals surface area contributed by atoms with Crippen molar-refractivity contribution < 1.29 is 0 Å². The lowest BCUT2D eigenvalue weighted by Gasteiger charge is -2.28. The Morgan fingerprint density at radius 1 is 0.857 bits per heavy atom. The van der Waals surface area contributed by atoms with Gasteiger partial charge in [-0.05, 0) is 49.4 Å². The molecule has 2 aromatic carbocycles. The number of hydrogen-bond donors (Lipinski definition) is 0. The second-order valence-electron chi connectivity index (χ2n) is 7.56. The first-order valence-corrected chi connectivity index (χ1v) is 10.0. The van der Waals surface area contributed by atoms with Gasteiger partial charge in [-0.2, -0.15) is 0 Å². The summed E-state index contributed by atoms with van der Waals surface area (Å²) in [6, 6.07) is 19.2. The van der Waals surface area contributed by atoms with Gasteiger partial charge in [-0.15, -0.1) is 0 Å². The maximum Gasteiger partial charge on any atom is 0.150 e. The highest BCUT2D eigenvalue weighted by Crippen LogP contribution is 2.37. The molecule has 0 aliphatic carbocycles. The molecule has 0 saturated carbocycles. The number of anilines is 1. The van der Waals surface area contributed by atoms with Gasteiger partial charge >= 0.3 is 0 Å². The fourth-order valence-corrected chi connectivity index (χ4v) is 4.20. The van der Waals surface area contributed by atoms with Crippen molar-refractivity contribution in [3.05, 3.63) is 72.7 Å². The summed E-state index contributed by atoms with van der Waals surface area (Å²) in [5.41, 5.74) is 5.74. The van der Waals surface area contributed by atoms with Crippen LogP contribution in [0.25, 0.3) is 27.8 Å². The van der Waals surface area contributed by atoms with Crippen molar-refractivity contribution in [3.63, 3.8) is 0 Å². The topological polar surface area (TPSA) is 34.0 Å². The number of aryl methyl sites for hydroxylation is 1. The van der Waals surface area contributed by atoms with E-state index in [1.807, 2.05) is 0 Å². The zero-order chi connectivity index (χ0) is 18.9. The first kappa shape index (κ1) is 17.0. The van der Waals surface area contributed by atoms with Gasteiger partial charge in [-0.1, -0.05) is 42.5 Å². The highest BCUT2D eigenvalue weighted by Gasteiger charge is 2.21. The summed E-state index contributed by atoms with van der Waals surface area (Å²) >= 11 is 0. The number of rotatable bonds is 3. The van der Waals surface area contributed by atoms with E-state index in [1.54, 1.807) is 6.33 Å². The van der Waals surface area contributed by atoms with Crippen LogP contribution in [0.3, 0.4) is 0 Å². The number of hydrogen-bond acceptors (Lipinski definition) is 3. The molecule has 4 heteroatoms. The average Bonchev–Trinajstić information content (AvgIpc) is 3.15. The van der Waals surface area contributed by atoms with Gasteiger partial charge in [0.05, 0.1) is 5.39 Å². The van der Waals surface area contributed by atoms with Crippen LogP contribution < -0.4 is 4.90 Å². The minimum Gasteiger partial charge on any atom is -0.356 e. The molecule has 28 heavy (non-hydrogen) atoms. The van der Waals surface area contributed by atoms with Crippen LogP contribution in [0.4, 0.5) is 5.82 Å². The van der Waals surface area contributed by atoms with E-state index >= 15 is 0 Å². The minimum absolute atomic E-state index is 0.972. The summed E-state index contributed by atoms with van der Waals surface area (Å²) < 4.78 is 2.21. The molecule has 3 heterocycles. The minimum atomic E-state index is 0.972. The number of aromatic nitrogens is 3. The van der Waals surface area contributed by atoms with Crippen LogP contribution in [0, 0.1) is 6.92 Å². The SMILES string of the molecule is Cc1cccc(-n2cc(-c3ccccc3)c3c(N4CCCCC4)ncnc32)c1. The van der Waals surface area contributed by atoms with Gasteiger partial charge in [0.1, 0.15) is 12.1 Å². The predicted octanol–water partition coefficient (Wildman–Crippen LogP) is 5.39. The van der Waals surface area contributed by atoms with Crippen LogP contribution in [0.15, 0.2) is 67.1 Å². The molecule has 1 fully saturated rings. The maximum absolute atomic E-state index is 4.74. The molecule has 1 aliphatic heterocycles. The lowest BCUT2D eigenvalue weighted by molar-refractivity contribution is 0.574. The Hall–Kier alpha value is -3.14. The Kier molecular flexibility index (Phi) is 4.32. The average molecular weight is 368 g/mol. The van der Waals surface area contributed by atoms with Crippen molar-refractivity contribution in [2.45, 2.75) is 26.2 Å². The molecule has 1 saturated heterocycles. The Balaban J connectivity index is 1.79. The molecule has 5 rings (SSSR count). The lowest BCUT2D eigenvalue weighted by atomic mass is 10.1. The van der Waals surface area contributed by atoms with Crippen molar-refractivity contribution >= 4 is 16.9 Å². The monoisotopic (exact) mass is 368 g/mol. The number of fused-ring (bicyclic) bond motifs is 1. The van der Waals surface area contributed by atoms with Crippen molar-refractivity contribution in [1.82, 2.24) is 14.5 Å². The van der Waals surface area contributed by atoms with E-state index in [4.69, 9.17) is 9.97 Å². The van der Waals surface area contributed by atoms with E-state index in [9.17, 15) is 0 Å². The summed E-state index contributed by atoms with van der Waals surface area (Å²) in [5.74, 6) is 1.06. The molecule has 0 bridgehead atoms. The van der Waals surface area contributed by atoms with E-state index in [-0.39, 0.29) is 0 Å². The highest BCUT2D eigenvalue weighted by atomic mass is 15.2. The van der Waals surface area contributed by atoms with Crippen molar-refractivity contribution in [2.24, 2.45) is 0 Å². The second kappa shape index (κ2) is 7.12. The first-order chi connectivity index (χ1) is 13.8. The van der Waals surface area contributed by atoms with E-state index in [1.165, 1.54) is 36.0 Å². The van der Waals surface area contributed by atoms with Crippen molar-refractivity contribution in [3.8, 4) is 16.8 Å². The molecule has 4 aromatic rings. The van der Waals surface area contributed by atoms with E-state index < -0.39 is 0 Å². The molecule has 140 valence electrons. The number of benzene rings is 2. The standard InChI is InChI=1S/C24H24N4/c1-18-9-8-12-20(15-18)28-16-21(19-10-4-2-5-11-19)22-23(25-17-26-24(22)28)27-13-6-3-7-14-27/h2,4-5,8-12,15-17H,3,6-7,13-14H2,1H3. The van der Waals surface area contributed by atoms with Gasteiger partial charge in [0.25, 0.3) is 0 Å². The third-order valence-electron chi connectivity index (χ3n) is 5.58. The Morgan fingerprint density at radius 3 is 2.46 bits per heavy atom. The largest absolute Gasteiger partial charge is 0.356 e. The Labute approximate surface area is 165 Å². The Bertz CT molecular complexity index is 1110. The van der Waals surface area contributed by atoms with Gasteiger partial charge in [-0.25, -0.2) is 9.97 Å². The fourth-order valence-electron chi connectivity index (χ4n) is 4.20. The summed E-state index contributed by atoms with van der Waals surface area (Å²) in [7, 11) is 0. The van der Waals surface area contributed by atoms with E-state index in [0.717, 1.165) is 35.6 Å². The van der Waals surface area contributed by atoms with Crippen LogP contribution in [-0.4, -0.2) is 27.6 Å². The van der Waals surface area contributed by atoms with Crippen LogP contribution in [0.5, 0.6) is 0 Å². The van der Waals surface area contributed by atoms with Crippen LogP contribution >= 0.6 is 0 Å². The zero-order valence-corrected chi connectivity index (χ0v) is 16.2. The van der Waals surface area contributed by atoms with Crippen LogP contribution in [0.1, 0.15) is 24.8 Å². The van der Waals surface area contributed by atoms with Gasteiger partial charge in [0.2, 0.25) is 0 Å². The van der Waals surface area contributed by atoms with Gasteiger partial charge < -0.3 is 9.47 Å². The highest BCUT2D eigenvalue weighted by molar-refractivity contribution is 6.02. The second-order valence-corrected chi connectivity index (χ2v) is 7.56. The first-order valence-electron chi connectivity index (χ1n) is 10.0. The molecule has 0 N–H and O–H groups in total. The van der Waals surface area contributed by atoms with Crippen molar-refractivity contribution in [1.29, 1.82) is 0 Å². The molecule has 0 atom stereocenters. The molecule has 0 unspecified atom stereocenters. The van der Waals surface area contributed by atoms with E-state index in [0.29, 0.717) is 0 Å². The third kappa shape index (κ3) is 2.95. The fraction of sp³-hybridized carbons (Fsp3) is 0.250. The zero-order valence-electron chi connectivity index (χ0n) is 16.2. The Morgan fingerprint density at radius 2 is 1.68 bits per heavy atom. The van der Waals surface area contributed by atoms with E-state index in [2.05, 4.69) is 77.2 Å². The van der Waals surface area contributed by atoms with Gasteiger partial charge in [-0.3, -0.25) is 0 Å². The molecule has 0 amide bonds. The molecule has 2 aromatic heterocycles. The molecule has 4 nitrogen and oxygen atoms in total. The normalized spacial score (nSPS) is 14.5. The lowest BCUT2D eigenvalue weighted by Crippen LogP contribution is -2.30. The summed E-state index contributed by atoms with van der Waals surface area (Å²) in [6.07, 6.45) is 7.69. The number of piperidine rings is 1. The maximum atomic E-state index is 4.74. The van der Waals surface area contributed by atoms with Crippen LogP contribution in [-0.2, 0) is 0 Å². The molecular weight excluding hydrogens is 344 g/mol. The molecular formula is C24H24N4. The van der Waals surface area contributed by atoms with Gasteiger partial charge in [0, 0.05) is 30.5 Å². The molecule has 0 spiro atoms. The third-order valence-corrected chi connectivity index (χ3v) is 5.58. The summed E-state index contributed by atoms with van der Waals surface area (Å²) in [6.45, 7) is 4.26. The molecule has 0 radical (unpaired) electrons. The van der Waals surface area contributed by atoms with Crippen molar-refractivity contribution in [2.75, 3.05) is 18.0 Å². The summed E-state index contributed by atoms with van der Waals surface area (Å²) in [5, 5.41) is 1.15. The van der Waals surface area contributed by atoms with Gasteiger partial charge in [0.15, 0.2) is 5.65 Å². The number of nitrogens with zero attached hydrogens (tertiary/aromatic N) is 4.